The molecule has 6 heteroatoms. The van der Waals surface area contributed by atoms with Crippen LogP contribution in [0.1, 0.15) is 61.0 Å². The first-order chi connectivity index (χ1) is 9.88. The van der Waals surface area contributed by atoms with Crippen LogP contribution in [0.3, 0.4) is 0 Å². The molecule has 0 N–H and O–H groups in total. The van der Waals surface area contributed by atoms with Crippen LogP contribution < -0.4 is 0 Å². The van der Waals surface area contributed by atoms with Crippen molar-refractivity contribution in [2.75, 3.05) is 0 Å². The maximum atomic E-state index is 12.5. The van der Waals surface area contributed by atoms with E-state index in [1.807, 2.05) is 0 Å². The number of ketones is 1. The first kappa shape index (κ1) is 16.3. The van der Waals surface area contributed by atoms with Crippen molar-refractivity contribution in [2.24, 2.45) is 5.92 Å². The summed E-state index contributed by atoms with van der Waals surface area (Å²) < 4.78 is 37.5. The molecule has 1 aromatic heterocycles. The molecule has 116 valence electrons. The number of hydrogen-bond donors (Lipinski definition) is 0. The summed E-state index contributed by atoms with van der Waals surface area (Å²) >= 11 is 5.75. The van der Waals surface area contributed by atoms with Gasteiger partial charge in [-0.2, -0.15) is 13.2 Å². The van der Waals surface area contributed by atoms with Crippen LogP contribution in [-0.4, -0.2) is 10.8 Å². The molecule has 0 bridgehead atoms. The zero-order chi connectivity index (χ0) is 15.5. The lowest BCUT2D eigenvalue weighted by molar-refractivity contribution is -0.141. The molecule has 1 saturated carbocycles. The van der Waals surface area contributed by atoms with E-state index >= 15 is 0 Å². The topological polar surface area (TPSA) is 30.0 Å². The fraction of sp³-hybridized carbons (Fsp3) is 0.600. The smallest absolute Gasteiger partial charge is 0.294 e. The van der Waals surface area contributed by atoms with E-state index in [1.165, 1.54) is 12.8 Å². The Kier molecular flexibility index (Phi) is 5.25. The highest BCUT2D eigenvalue weighted by atomic mass is 35.5. The van der Waals surface area contributed by atoms with Crippen molar-refractivity contribution in [1.29, 1.82) is 0 Å². The molecule has 1 aromatic rings. The van der Waals surface area contributed by atoms with Crippen molar-refractivity contribution >= 4 is 17.4 Å². The van der Waals surface area contributed by atoms with Crippen LogP contribution in [0, 0.1) is 5.92 Å². The van der Waals surface area contributed by atoms with E-state index in [0.717, 1.165) is 37.8 Å². The largest absolute Gasteiger partial charge is 0.433 e. The molecule has 0 spiro atoms. The van der Waals surface area contributed by atoms with Crippen LogP contribution >= 0.6 is 11.6 Å². The molecular weight excluding hydrogens is 303 g/mol. The Hall–Kier alpha value is -1.10. The molecule has 0 amide bonds. The zero-order valence-electron chi connectivity index (χ0n) is 11.5. The Morgan fingerprint density at radius 1 is 1.19 bits per heavy atom. The van der Waals surface area contributed by atoms with E-state index in [-0.39, 0.29) is 16.5 Å². The highest BCUT2D eigenvalue weighted by Gasteiger charge is 2.33. The third kappa shape index (κ3) is 4.43. The van der Waals surface area contributed by atoms with Gasteiger partial charge in [0.1, 0.15) is 10.8 Å². The number of nitrogens with zero attached hydrogens (tertiary/aromatic N) is 1. The molecule has 0 atom stereocenters. The Morgan fingerprint density at radius 2 is 1.81 bits per heavy atom. The minimum Gasteiger partial charge on any atom is -0.294 e. The maximum absolute atomic E-state index is 12.5. The second kappa shape index (κ2) is 6.77. The fourth-order valence-electron chi connectivity index (χ4n) is 2.74. The lowest BCUT2D eigenvalue weighted by atomic mass is 9.92. The van der Waals surface area contributed by atoms with Crippen LogP contribution in [0.4, 0.5) is 13.2 Å². The normalized spacial score (nSPS) is 17.5. The van der Waals surface area contributed by atoms with Crippen molar-refractivity contribution in [2.45, 2.75) is 51.1 Å². The molecule has 2 nitrogen and oxygen atoms in total. The average molecular weight is 320 g/mol. The summed E-state index contributed by atoms with van der Waals surface area (Å²) in [5.74, 6) is 0.0893. The molecule has 0 unspecified atom stereocenters. The van der Waals surface area contributed by atoms with Gasteiger partial charge in [-0.15, -0.1) is 0 Å². The molecule has 1 aliphatic carbocycles. The van der Waals surface area contributed by atoms with Crippen molar-refractivity contribution in [3.8, 4) is 0 Å². The van der Waals surface area contributed by atoms with Gasteiger partial charge in [0.05, 0.1) is 5.56 Å². The average Bonchev–Trinajstić information content (AvgIpc) is 2.66. The molecule has 1 fully saturated rings. The number of alkyl halides is 3. The van der Waals surface area contributed by atoms with Gasteiger partial charge in [-0.25, -0.2) is 4.98 Å². The molecule has 1 aliphatic rings. The van der Waals surface area contributed by atoms with Gasteiger partial charge in [-0.3, -0.25) is 4.79 Å². The van der Waals surface area contributed by atoms with Crippen molar-refractivity contribution in [3.63, 3.8) is 0 Å². The van der Waals surface area contributed by atoms with Crippen LogP contribution in [-0.2, 0) is 6.18 Å². The number of Topliss-reactive ketones (excluding diaryl/α,β-unsaturated/α-hetero) is 1. The number of hydrogen-bond acceptors (Lipinski definition) is 2. The Balaban J connectivity index is 2.08. The van der Waals surface area contributed by atoms with E-state index in [0.29, 0.717) is 12.3 Å². The third-order valence-electron chi connectivity index (χ3n) is 3.89. The first-order valence-corrected chi connectivity index (χ1v) is 7.52. The lowest BCUT2D eigenvalue weighted by Gasteiger charge is -2.13. The summed E-state index contributed by atoms with van der Waals surface area (Å²) in [6.07, 6.45) is 2.38. The van der Waals surface area contributed by atoms with E-state index < -0.39 is 11.9 Å². The number of halogens is 4. The minimum atomic E-state index is -4.55. The number of carbonyl (C=O) groups excluding carboxylic acids is 1. The van der Waals surface area contributed by atoms with Crippen molar-refractivity contribution in [1.82, 2.24) is 4.98 Å². The first-order valence-electron chi connectivity index (χ1n) is 7.15. The Bertz CT molecular complexity index is 508. The third-order valence-corrected chi connectivity index (χ3v) is 4.18. The van der Waals surface area contributed by atoms with Crippen LogP contribution in [0.2, 0.25) is 5.15 Å². The van der Waals surface area contributed by atoms with Gasteiger partial charge < -0.3 is 0 Å². The fourth-order valence-corrected chi connectivity index (χ4v) is 3.00. The summed E-state index contributed by atoms with van der Waals surface area (Å²) in [5.41, 5.74) is -0.979. The highest BCUT2D eigenvalue weighted by Crippen LogP contribution is 2.31. The lowest BCUT2D eigenvalue weighted by Crippen LogP contribution is -2.12. The number of aromatic nitrogens is 1. The second-order valence-corrected chi connectivity index (χ2v) is 5.88. The molecule has 0 aromatic carbocycles. The van der Waals surface area contributed by atoms with Crippen molar-refractivity contribution < 1.29 is 18.0 Å². The maximum Gasteiger partial charge on any atom is 0.433 e. The second-order valence-electron chi connectivity index (χ2n) is 5.52. The van der Waals surface area contributed by atoms with Crippen molar-refractivity contribution in [3.05, 3.63) is 28.5 Å². The van der Waals surface area contributed by atoms with Gasteiger partial charge >= 0.3 is 6.18 Å². The monoisotopic (exact) mass is 319 g/mol. The summed E-state index contributed by atoms with van der Waals surface area (Å²) in [6.45, 7) is 0. The van der Waals surface area contributed by atoms with Gasteiger partial charge in [0.25, 0.3) is 0 Å². The SMILES string of the molecule is O=C(CC1CCCCCC1)c1ccc(C(F)(F)F)nc1Cl. The highest BCUT2D eigenvalue weighted by molar-refractivity contribution is 6.32. The van der Waals surface area contributed by atoms with Crippen LogP contribution in [0.15, 0.2) is 12.1 Å². The van der Waals surface area contributed by atoms with Crippen LogP contribution in [0.5, 0.6) is 0 Å². The standard InChI is InChI=1S/C15H17ClF3NO/c16-14-11(7-8-13(20-14)15(17,18)19)12(21)9-10-5-3-1-2-4-6-10/h7-8,10H,1-6,9H2. The van der Waals surface area contributed by atoms with Gasteiger partial charge in [0.15, 0.2) is 5.78 Å². The zero-order valence-corrected chi connectivity index (χ0v) is 12.3. The van der Waals surface area contributed by atoms with Gasteiger partial charge in [0.2, 0.25) is 0 Å². The van der Waals surface area contributed by atoms with Gasteiger partial charge in [-0.05, 0) is 18.1 Å². The summed E-state index contributed by atoms with van der Waals surface area (Å²) in [7, 11) is 0. The Morgan fingerprint density at radius 3 is 2.33 bits per heavy atom. The predicted molar refractivity (Wildman–Crippen MR) is 74.4 cm³/mol. The van der Waals surface area contributed by atoms with Gasteiger partial charge in [0, 0.05) is 6.42 Å². The quantitative estimate of drug-likeness (QED) is 0.430. The molecular formula is C15H17ClF3NO. The molecule has 0 radical (unpaired) electrons. The molecule has 1 heterocycles. The molecule has 0 saturated heterocycles. The molecule has 2 rings (SSSR count). The Labute approximate surface area is 126 Å². The van der Waals surface area contributed by atoms with E-state index in [4.69, 9.17) is 11.6 Å². The number of rotatable bonds is 3. The van der Waals surface area contributed by atoms with E-state index in [9.17, 15) is 18.0 Å². The predicted octanol–water partition coefficient (Wildman–Crippen LogP) is 5.30. The summed E-state index contributed by atoms with van der Waals surface area (Å²) in [5, 5.41) is -0.358. The number of pyridine rings is 1. The summed E-state index contributed by atoms with van der Waals surface area (Å²) in [4.78, 5) is 15.5. The number of carbonyl (C=O) groups is 1. The van der Waals surface area contributed by atoms with Gasteiger partial charge in [-0.1, -0.05) is 50.1 Å². The minimum absolute atomic E-state index is 0.0916. The van der Waals surface area contributed by atoms with E-state index in [2.05, 4.69) is 4.98 Å². The summed E-state index contributed by atoms with van der Waals surface area (Å²) in [6, 6.07) is 1.95. The van der Waals surface area contributed by atoms with Crippen LogP contribution in [0.25, 0.3) is 0 Å². The molecule has 21 heavy (non-hydrogen) atoms. The van der Waals surface area contributed by atoms with E-state index in [1.54, 1.807) is 0 Å². The molecule has 0 aliphatic heterocycles.